The number of nitrogens with one attached hydrogen (secondary N) is 1. The van der Waals surface area contributed by atoms with Crippen molar-refractivity contribution in [1.29, 1.82) is 0 Å². The lowest BCUT2D eigenvalue weighted by molar-refractivity contribution is -0.163. The largest absolute Gasteiger partial charge is 0.397 e. The van der Waals surface area contributed by atoms with Crippen molar-refractivity contribution < 1.29 is 32.3 Å². The van der Waals surface area contributed by atoms with Crippen LogP contribution in [-0.4, -0.2) is 55.2 Å². The highest BCUT2D eigenvalue weighted by Crippen LogP contribution is 2.20. The number of halogens is 3. The molecular weight excluding hydrogens is 283 g/mol. The third-order valence-corrected chi connectivity index (χ3v) is 1.98. The van der Waals surface area contributed by atoms with E-state index >= 15 is 0 Å². The van der Waals surface area contributed by atoms with Crippen LogP contribution in [0.15, 0.2) is 0 Å². The highest BCUT2D eigenvalue weighted by atomic mass is 19.4. The maximum Gasteiger partial charge on any atom is 0.397 e. The van der Waals surface area contributed by atoms with E-state index in [-0.39, 0.29) is 25.8 Å². The van der Waals surface area contributed by atoms with Gasteiger partial charge in [-0.25, -0.2) is 0 Å². The van der Waals surface area contributed by atoms with Gasteiger partial charge in [0.25, 0.3) is 0 Å². The predicted molar refractivity (Wildman–Crippen MR) is 61.1 cm³/mol. The summed E-state index contributed by atoms with van der Waals surface area (Å²) >= 11 is 0. The fourth-order valence-corrected chi connectivity index (χ4v) is 1.16. The van der Waals surface area contributed by atoms with Gasteiger partial charge in [0.1, 0.15) is 13.2 Å². The zero-order valence-electron chi connectivity index (χ0n) is 10.8. The first-order valence-corrected chi connectivity index (χ1v) is 5.57. The number of hydrogen-bond acceptors (Lipinski definition) is 4. The van der Waals surface area contributed by atoms with Crippen LogP contribution in [0.4, 0.5) is 13.2 Å². The first-order chi connectivity index (χ1) is 9.11. The molecule has 0 unspecified atom stereocenters. The lowest BCUT2D eigenvalue weighted by Gasteiger charge is -2.21. The van der Waals surface area contributed by atoms with Gasteiger partial charge in [-0.1, -0.05) is 0 Å². The Kier molecular flexibility index (Phi) is 7.59. The summed E-state index contributed by atoms with van der Waals surface area (Å²) in [7, 11) is 0. The highest BCUT2D eigenvalue weighted by molar-refractivity contribution is 5.84. The smallest absolute Gasteiger partial charge is 0.368 e. The molecule has 0 aliphatic rings. The van der Waals surface area contributed by atoms with E-state index in [2.05, 4.69) is 5.32 Å². The SMILES string of the molecule is CC(=O)NCOCCN(CC(N)=O)C(=O)CC(F)(F)F. The summed E-state index contributed by atoms with van der Waals surface area (Å²) < 4.78 is 41.2. The van der Waals surface area contributed by atoms with Crippen molar-refractivity contribution in [3.05, 3.63) is 0 Å². The Balaban J connectivity index is 4.24. The van der Waals surface area contributed by atoms with Crippen molar-refractivity contribution in [2.45, 2.75) is 19.5 Å². The van der Waals surface area contributed by atoms with E-state index in [0.29, 0.717) is 4.90 Å². The van der Waals surface area contributed by atoms with Crippen LogP contribution in [-0.2, 0) is 19.1 Å². The van der Waals surface area contributed by atoms with E-state index in [0.717, 1.165) is 0 Å². The summed E-state index contributed by atoms with van der Waals surface area (Å²) in [6.07, 6.45) is -6.34. The lowest BCUT2D eigenvalue weighted by atomic mass is 10.3. The van der Waals surface area contributed by atoms with Crippen molar-refractivity contribution >= 4 is 17.7 Å². The summed E-state index contributed by atoms with van der Waals surface area (Å²) in [6.45, 7) is 0.107. The van der Waals surface area contributed by atoms with Crippen LogP contribution >= 0.6 is 0 Å². The summed E-state index contributed by atoms with van der Waals surface area (Å²) in [5, 5.41) is 2.29. The average Bonchev–Trinajstić information content (AvgIpc) is 2.23. The van der Waals surface area contributed by atoms with Gasteiger partial charge >= 0.3 is 6.18 Å². The molecule has 116 valence electrons. The maximum absolute atomic E-state index is 12.1. The molecule has 0 rings (SSSR count). The maximum atomic E-state index is 12.1. The number of alkyl halides is 3. The predicted octanol–water partition coefficient (Wildman–Crippen LogP) is -0.637. The Hall–Kier alpha value is -1.84. The van der Waals surface area contributed by atoms with Gasteiger partial charge in [-0.2, -0.15) is 13.2 Å². The van der Waals surface area contributed by atoms with Gasteiger partial charge < -0.3 is 20.7 Å². The van der Waals surface area contributed by atoms with Crippen molar-refractivity contribution in [3.8, 4) is 0 Å². The Bertz CT molecular complexity index is 360. The molecule has 0 atom stereocenters. The number of carbonyl (C=O) groups is 3. The number of hydrogen-bond donors (Lipinski definition) is 2. The molecule has 0 aromatic carbocycles. The lowest BCUT2D eigenvalue weighted by Crippen LogP contribution is -2.42. The number of carbonyl (C=O) groups excluding carboxylic acids is 3. The quantitative estimate of drug-likeness (QED) is 0.460. The fourth-order valence-electron chi connectivity index (χ4n) is 1.16. The Morgan fingerprint density at radius 3 is 2.35 bits per heavy atom. The zero-order valence-corrected chi connectivity index (χ0v) is 10.8. The monoisotopic (exact) mass is 299 g/mol. The molecule has 0 saturated heterocycles. The molecule has 3 amide bonds. The van der Waals surface area contributed by atoms with Crippen molar-refractivity contribution in [2.24, 2.45) is 5.73 Å². The summed E-state index contributed by atoms with van der Waals surface area (Å²) in [6, 6.07) is 0. The summed E-state index contributed by atoms with van der Waals surface area (Å²) in [4.78, 5) is 33.2. The van der Waals surface area contributed by atoms with E-state index in [4.69, 9.17) is 10.5 Å². The van der Waals surface area contributed by atoms with Gasteiger partial charge in [-0.15, -0.1) is 0 Å². The van der Waals surface area contributed by atoms with E-state index in [1.807, 2.05) is 0 Å². The molecule has 0 aliphatic heterocycles. The van der Waals surface area contributed by atoms with Crippen LogP contribution in [0.3, 0.4) is 0 Å². The minimum Gasteiger partial charge on any atom is -0.368 e. The van der Waals surface area contributed by atoms with Crippen molar-refractivity contribution in [2.75, 3.05) is 26.4 Å². The third kappa shape index (κ3) is 10.1. The molecular formula is C10H16F3N3O4. The third-order valence-electron chi connectivity index (χ3n) is 1.98. The molecule has 0 radical (unpaired) electrons. The van der Waals surface area contributed by atoms with Crippen LogP contribution in [0.2, 0.25) is 0 Å². The van der Waals surface area contributed by atoms with E-state index < -0.39 is 31.0 Å². The number of rotatable bonds is 8. The van der Waals surface area contributed by atoms with E-state index in [1.165, 1.54) is 6.92 Å². The molecule has 0 bridgehead atoms. The Morgan fingerprint density at radius 1 is 1.30 bits per heavy atom. The number of ether oxygens (including phenoxy) is 1. The molecule has 0 fully saturated rings. The molecule has 10 heteroatoms. The van der Waals surface area contributed by atoms with Gasteiger partial charge in [0, 0.05) is 13.5 Å². The minimum absolute atomic E-state index is 0.142. The van der Waals surface area contributed by atoms with Crippen LogP contribution in [0, 0.1) is 0 Å². The second kappa shape index (κ2) is 8.35. The molecule has 7 nitrogen and oxygen atoms in total. The first kappa shape index (κ1) is 18.2. The number of nitrogens with two attached hydrogens (primary N) is 1. The Morgan fingerprint density at radius 2 is 1.90 bits per heavy atom. The van der Waals surface area contributed by atoms with E-state index in [1.54, 1.807) is 0 Å². The van der Waals surface area contributed by atoms with Crippen molar-refractivity contribution in [1.82, 2.24) is 10.2 Å². The van der Waals surface area contributed by atoms with Crippen LogP contribution in [0.1, 0.15) is 13.3 Å². The fraction of sp³-hybridized carbons (Fsp3) is 0.700. The van der Waals surface area contributed by atoms with Gasteiger partial charge in [0.15, 0.2) is 0 Å². The molecule has 0 saturated carbocycles. The highest BCUT2D eigenvalue weighted by Gasteiger charge is 2.33. The minimum atomic E-state index is -4.66. The molecule has 0 aliphatic carbocycles. The molecule has 0 aromatic rings. The number of amides is 3. The standard InChI is InChI=1S/C10H16F3N3O4/c1-7(17)15-6-20-3-2-16(5-8(14)18)9(19)4-10(11,12)13/h2-6H2,1H3,(H2,14,18)(H,15,17). The van der Waals surface area contributed by atoms with Crippen LogP contribution in [0.5, 0.6) is 0 Å². The molecule has 0 aromatic heterocycles. The van der Waals surface area contributed by atoms with Crippen LogP contribution in [0.25, 0.3) is 0 Å². The van der Waals surface area contributed by atoms with Gasteiger partial charge in [0.05, 0.1) is 13.2 Å². The van der Waals surface area contributed by atoms with Gasteiger partial charge in [-0.05, 0) is 0 Å². The zero-order chi connectivity index (χ0) is 15.8. The average molecular weight is 299 g/mol. The summed E-state index contributed by atoms with van der Waals surface area (Å²) in [5.74, 6) is -2.53. The first-order valence-electron chi connectivity index (χ1n) is 5.57. The molecule has 0 spiro atoms. The van der Waals surface area contributed by atoms with Gasteiger partial charge in [0.2, 0.25) is 17.7 Å². The Labute approximate surface area is 113 Å². The number of primary amides is 1. The topological polar surface area (TPSA) is 102 Å². The summed E-state index contributed by atoms with van der Waals surface area (Å²) in [5.41, 5.74) is 4.85. The number of nitrogens with zero attached hydrogens (tertiary/aromatic N) is 1. The normalized spacial score (nSPS) is 11.0. The molecule has 20 heavy (non-hydrogen) atoms. The van der Waals surface area contributed by atoms with E-state index in [9.17, 15) is 27.6 Å². The molecule has 3 N–H and O–H groups in total. The van der Waals surface area contributed by atoms with Crippen molar-refractivity contribution in [3.63, 3.8) is 0 Å². The second-order valence-electron chi connectivity index (χ2n) is 3.86. The molecule has 0 heterocycles. The van der Waals surface area contributed by atoms with Crippen LogP contribution < -0.4 is 11.1 Å². The van der Waals surface area contributed by atoms with Gasteiger partial charge in [-0.3, -0.25) is 14.4 Å². The second-order valence-corrected chi connectivity index (χ2v) is 3.86.